The van der Waals surface area contributed by atoms with E-state index in [0.717, 1.165) is 80.8 Å². The molecule has 0 saturated heterocycles. The maximum Gasteiger partial charge on any atom is 0.326 e. The molecule has 4 N–H and O–H groups in total. The molecule has 1 spiro atoms. The molecule has 2 aromatic rings. The molecule has 4 aliphatic rings. The van der Waals surface area contributed by atoms with Gasteiger partial charge in [-0.2, -0.15) is 0 Å². The van der Waals surface area contributed by atoms with Crippen molar-refractivity contribution in [2.24, 2.45) is 5.92 Å². The van der Waals surface area contributed by atoms with Gasteiger partial charge >= 0.3 is 5.97 Å². The molecule has 4 heterocycles. The average Bonchev–Trinajstić information content (AvgIpc) is 3.41. The molecular weight excluding hydrogens is 542 g/mol. The zero-order chi connectivity index (χ0) is 29.6. The zero-order valence-electron chi connectivity index (χ0n) is 25.3. The molecule has 232 valence electrons. The number of carbonyl (C=O) groups excluding carboxylic acids is 1. The third-order valence-electron chi connectivity index (χ3n) is 10.0. The molecule has 2 saturated carbocycles. The molecule has 2 aliphatic carbocycles. The highest BCUT2D eigenvalue weighted by molar-refractivity contribution is 6.02. The average molecular weight is 590 g/mol. The van der Waals surface area contributed by atoms with Crippen molar-refractivity contribution in [2.75, 3.05) is 23.8 Å². The van der Waals surface area contributed by atoms with Gasteiger partial charge in [-0.1, -0.05) is 44.6 Å². The van der Waals surface area contributed by atoms with Gasteiger partial charge < -0.3 is 25.8 Å². The van der Waals surface area contributed by atoms with Crippen molar-refractivity contribution < 1.29 is 19.4 Å². The number of fused-ring (bicyclic) bond motifs is 2. The maximum absolute atomic E-state index is 13.4. The standard InChI is InChI=1S/C34H47N5O4/c40-32(27-13-18-35-29-22-34(39-30(27)29)15-5-3-1-2-4-6-16-34)38-28(33(41)42)14-19-43-26-20-23(21-26)9-11-25-12-10-24-8-7-17-36-31(24)37-25/h10,12-13,18,23,26,28,39H,1-9,11,14-17,19-22H2,(H,36,37)(H,38,40)(H,41,42). The van der Waals surface area contributed by atoms with E-state index in [1.165, 1.54) is 50.5 Å². The minimum atomic E-state index is -1.04. The summed E-state index contributed by atoms with van der Waals surface area (Å²) in [6.45, 7) is 1.31. The Hall–Kier alpha value is -3.20. The molecule has 9 nitrogen and oxygen atoms in total. The van der Waals surface area contributed by atoms with Crippen LogP contribution in [0.25, 0.3) is 0 Å². The molecule has 2 fully saturated rings. The van der Waals surface area contributed by atoms with Crippen molar-refractivity contribution in [3.63, 3.8) is 0 Å². The first-order chi connectivity index (χ1) is 21.0. The Balaban J connectivity index is 0.953. The fourth-order valence-electron chi connectivity index (χ4n) is 7.41. The fourth-order valence-corrected chi connectivity index (χ4v) is 7.41. The first-order valence-electron chi connectivity index (χ1n) is 16.6. The number of nitrogens with one attached hydrogen (secondary N) is 3. The summed E-state index contributed by atoms with van der Waals surface area (Å²) in [6.07, 6.45) is 18.8. The summed E-state index contributed by atoms with van der Waals surface area (Å²) in [5, 5.41) is 19.8. The van der Waals surface area contributed by atoms with E-state index >= 15 is 0 Å². The second-order valence-corrected chi connectivity index (χ2v) is 13.2. The van der Waals surface area contributed by atoms with Crippen LogP contribution < -0.4 is 16.0 Å². The predicted molar refractivity (Wildman–Crippen MR) is 167 cm³/mol. The number of nitrogens with zero attached hydrogens (tertiary/aromatic N) is 2. The van der Waals surface area contributed by atoms with Crippen LogP contribution in [0.4, 0.5) is 11.5 Å². The predicted octanol–water partition coefficient (Wildman–Crippen LogP) is 5.68. The molecule has 43 heavy (non-hydrogen) atoms. The second-order valence-electron chi connectivity index (χ2n) is 13.2. The van der Waals surface area contributed by atoms with E-state index in [9.17, 15) is 14.7 Å². The van der Waals surface area contributed by atoms with Gasteiger partial charge in [0, 0.05) is 43.4 Å². The smallest absolute Gasteiger partial charge is 0.326 e. The van der Waals surface area contributed by atoms with Crippen LogP contribution in [0.2, 0.25) is 0 Å². The Labute approximate surface area is 255 Å². The van der Waals surface area contributed by atoms with Gasteiger partial charge in [-0.25, -0.2) is 9.78 Å². The van der Waals surface area contributed by atoms with Crippen molar-refractivity contribution >= 4 is 23.4 Å². The van der Waals surface area contributed by atoms with Gasteiger partial charge in [-0.05, 0) is 75.0 Å². The first kappa shape index (κ1) is 29.9. The van der Waals surface area contributed by atoms with Gasteiger partial charge in [0.05, 0.1) is 23.0 Å². The number of rotatable bonds is 10. The highest BCUT2D eigenvalue weighted by Gasteiger charge is 2.39. The SMILES string of the molecule is O=C(NC(CCOC1CC(CCc2ccc3c(n2)NCCC3)C1)C(=O)O)c1ccnc2c1NC1(CCCCCCCC1)C2. The number of carboxylic acids is 1. The summed E-state index contributed by atoms with van der Waals surface area (Å²) >= 11 is 0. The monoisotopic (exact) mass is 589 g/mol. The molecule has 0 aromatic carbocycles. The Bertz CT molecular complexity index is 1280. The number of aliphatic carboxylic acids is 1. The molecule has 2 aliphatic heterocycles. The number of aromatic nitrogens is 2. The maximum atomic E-state index is 13.4. The van der Waals surface area contributed by atoms with Gasteiger partial charge in [0.1, 0.15) is 11.9 Å². The Morgan fingerprint density at radius 1 is 1.07 bits per heavy atom. The summed E-state index contributed by atoms with van der Waals surface area (Å²) in [7, 11) is 0. The number of hydrogen-bond acceptors (Lipinski definition) is 7. The van der Waals surface area contributed by atoms with E-state index in [4.69, 9.17) is 9.72 Å². The van der Waals surface area contributed by atoms with Crippen LogP contribution in [-0.4, -0.2) is 57.8 Å². The number of carboxylic acid groups (broad SMARTS) is 1. The van der Waals surface area contributed by atoms with E-state index in [-0.39, 0.29) is 24.0 Å². The number of hydrogen-bond donors (Lipinski definition) is 4. The number of ether oxygens (including phenoxy) is 1. The summed E-state index contributed by atoms with van der Waals surface area (Å²) in [5.74, 6) is 0.255. The van der Waals surface area contributed by atoms with Crippen LogP contribution >= 0.6 is 0 Å². The van der Waals surface area contributed by atoms with Crippen molar-refractivity contribution in [1.82, 2.24) is 15.3 Å². The molecule has 2 aromatic heterocycles. The Kier molecular flexibility index (Phi) is 9.46. The largest absolute Gasteiger partial charge is 0.480 e. The molecule has 0 bridgehead atoms. The van der Waals surface area contributed by atoms with Gasteiger partial charge in [-0.15, -0.1) is 0 Å². The summed E-state index contributed by atoms with van der Waals surface area (Å²) in [5.41, 5.74) is 4.59. The number of carbonyl (C=O) groups is 2. The van der Waals surface area contributed by atoms with Gasteiger partial charge in [-0.3, -0.25) is 9.78 Å². The van der Waals surface area contributed by atoms with Crippen LogP contribution in [0.1, 0.15) is 111 Å². The van der Waals surface area contributed by atoms with E-state index in [1.54, 1.807) is 12.3 Å². The van der Waals surface area contributed by atoms with Crippen LogP contribution in [0.3, 0.4) is 0 Å². The van der Waals surface area contributed by atoms with Crippen LogP contribution in [-0.2, 0) is 28.8 Å². The lowest BCUT2D eigenvalue weighted by Gasteiger charge is -2.35. The molecule has 6 rings (SSSR count). The number of anilines is 2. The van der Waals surface area contributed by atoms with Crippen molar-refractivity contribution in [3.05, 3.63) is 46.9 Å². The second kappa shape index (κ2) is 13.6. The third-order valence-corrected chi connectivity index (χ3v) is 10.0. The summed E-state index contributed by atoms with van der Waals surface area (Å²) in [6, 6.07) is 5.07. The Morgan fingerprint density at radius 3 is 2.65 bits per heavy atom. The first-order valence-corrected chi connectivity index (χ1v) is 16.6. The van der Waals surface area contributed by atoms with Crippen molar-refractivity contribution in [1.29, 1.82) is 0 Å². The minimum Gasteiger partial charge on any atom is -0.480 e. The molecular formula is C34H47N5O4. The van der Waals surface area contributed by atoms with Crippen LogP contribution in [0.5, 0.6) is 0 Å². The third kappa shape index (κ3) is 7.31. The fraction of sp³-hybridized carbons (Fsp3) is 0.647. The topological polar surface area (TPSA) is 125 Å². The molecule has 9 heteroatoms. The molecule has 1 amide bonds. The summed E-state index contributed by atoms with van der Waals surface area (Å²) < 4.78 is 6.02. The highest BCUT2D eigenvalue weighted by Crippen LogP contribution is 2.41. The van der Waals surface area contributed by atoms with Crippen LogP contribution in [0.15, 0.2) is 24.4 Å². The van der Waals surface area contributed by atoms with Gasteiger partial charge in [0.2, 0.25) is 0 Å². The normalized spacial score (nSPS) is 23.3. The number of amides is 1. The minimum absolute atomic E-state index is 0.0506. The molecule has 1 atom stereocenters. The lowest BCUT2D eigenvalue weighted by Crippen LogP contribution is -2.42. The number of aryl methyl sites for hydroxylation is 2. The van der Waals surface area contributed by atoms with Gasteiger partial charge in [0.25, 0.3) is 5.91 Å². The highest BCUT2D eigenvalue weighted by atomic mass is 16.5. The van der Waals surface area contributed by atoms with Crippen molar-refractivity contribution in [2.45, 2.75) is 120 Å². The van der Waals surface area contributed by atoms with E-state index in [1.807, 2.05) is 0 Å². The zero-order valence-corrected chi connectivity index (χ0v) is 25.3. The van der Waals surface area contributed by atoms with Crippen molar-refractivity contribution in [3.8, 4) is 0 Å². The quantitative estimate of drug-likeness (QED) is 0.279. The van der Waals surface area contributed by atoms with Crippen LogP contribution in [0, 0.1) is 5.92 Å². The lowest BCUT2D eigenvalue weighted by atomic mass is 9.79. The Morgan fingerprint density at radius 2 is 1.86 bits per heavy atom. The number of pyridine rings is 2. The molecule has 1 unspecified atom stereocenters. The lowest BCUT2D eigenvalue weighted by molar-refractivity contribution is -0.140. The van der Waals surface area contributed by atoms with E-state index < -0.39 is 12.0 Å². The van der Waals surface area contributed by atoms with Gasteiger partial charge in [0.15, 0.2) is 0 Å². The summed E-state index contributed by atoms with van der Waals surface area (Å²) in [4.78, 5) is 34.8. The van der Waals surface area contributed by atoms with E-state index in [0.29, 0.717) is 18.1 Å². The molecule has 0 radical (unpaired) electrons. The van der Waals surface area contributed by atoms with E-state index in [2.05, 4.69) is 33.1 Å².